The quantitative estimate of drug-likeness (QED) is 0.442. The average Bonchev–Trinajstić information content (AvgIpc) is 3.27. The molecule has 0 unspecified atom stereocenters. The van der Waals surface area contributed by atoms with Gasteiger partial charge in [0, 0.05) is 33.0 Å². The number of aromatic nitrogens is 2. The van der Waals surface area contributed by atoms with Crippen molar-refractivity contribution in [2.24, 2.45) is 0 Å². The molecule has 0 saturated heterocycles. The zero-order valence-corrected chi connectivity index (χ0v) is 17.8. The third kappa shape index (κ3) is 3.81. The van der Waals surface area contributed by atoms with E-state index in [0.717, 1.165) is 43.4 Å². The summed E-state index contributed by atoms with van der Waals surface area (Å²) in [5.74, 6) is 0.756. The highest BCUT2D eigenvalue weighted by Gasteiger charge is 2.13. The molecule has 1 amide bonds. The van der Waals surface area contributed by atoms with Crippen molar-refractivity contribution in [3.63, 3.8) is 0 Å². The first-order valence-electron chi connectivity index (χ1n) is 8.69. The van der Waals surface area contributed by atoms with Gasteiger partial charge in [-0.25, -0.2) is 4.98 Å². The van der Waals surface area contributed by atoms with Gasteiger partial charge in [-0.15, -0.1) is 11.3 Å². The van der Waals surface area contributed by atoms with E-state index in [-0.39, 0.29) is 12.3 Å². The van der Waals surface area contributed by atoms with Gasteiger partial charge in [0.2, 0.25) is 5.91 Å². The lowest BCUT2D eigenvalue weighted by Crippen LogP contribution is -2.15. The molecule has 0 radical (unpaired) electrons. The molecule has 2 aromatic heterocycles. The molecule has 4 rings (SSSR count). The summed E-state index contributed by atoms with van der Waals surface area (Å²) in [6.07, 6.45) is 2.26. The third-order valence-electron chi connectivity index (χ3n) is 4.45. The molecule has 0 aliphatic carbocycles. The van der Waals surface area contributed by atoms with E-state index >= 15 is 0 Å². The first-order valence-corrected chi connectivity index (χ1v) is 10.4. The smallest absolute Gasteiger partial charge is 0.230 e. The summed E-state index contributed by atoms with van der Waals surface area (Å²) in [5, 5.41) is 4.94. The second-order valence-corrected chi connectivity index (χ2v) is 8.11. The van der Waals surface area contributed by atoms with Crippen molar-refractivity contribution in [1.29, 1.82) is 0 Å². The van der Waals surface area contributed by atoms with E-state index in [0.29, 0.717) is 0 Å². The van der Waals surface area contributed by atoms with Crippen molar-refractivity contribution in [3.8, 4) is 17.0 Å². The van der Waals surface area contributed by atoms with Gasteiger partial charge in [-0.1, -0.05) is 15.9 Å². The third-order valence-corrected chi connectivity index (χ3v) is 6.23. The number of carbonyl (C=O) groups is 1. The predicted octanol–water partition coefficient (Wildman–Crippen LogP) is 5.32. The number of rotatable bonds is 5. The number of hydrogen-bond donors (Lipinski definition) is 1. The molecule has 28 heavy (non-hydrogen) atoms. The summed E-state index contributed by atoms with van der Waals surface area (Å²) in [7, 11) is 1.65. The molecule has 7 heteroatoms. The fourth-order valence-electron chi connectivity index (χ4n) is 2.95. The average molecular weight is 456 g/mol. The largest absolute Gasteiger partial charge is 0.497 e. The summed E-state index contributed by atoms with van der Waals surface area (Å²) in [6.45, 7) is 1.99. The molecule has 0 bridgehead atoms. The first-order chi connectivity index (χ1) is 13.5. The van der Waals surface area contributed by atoms with E-state index in [1.54, 1.807) is 7.11 Å². The van der Waals surface area contributed by atoms with Crippen molar-refractivity contribution in [2.45, 2.75) is 13.3 Å². The number of nitrogens with one attached hydrogen (secondary N) is 1. The number of amides is 1. The molecule has 0 aliphatic rings. The van der Waals surface area contributed by atoms with E-state index in [1.165, 1.54) is 11.3 Å². The number of imidazole rings is 1. The van der Waals surface area contributed by atoms with Crippen LogP contribution in [0.2, 0.25) is 0 Å². The van der Waals surface area contributed by atoms with E-state index in [9.17, 15) is 4.79 Å². The summed E-state index contributed by atoms with van der Waals surface area (Å²) in [4.78, 5) is 18.0. The van der Waals surface area contributed by atoms with Gasteiger partial charge in [-0.2, -0.15) is 0 Å². The summed E-state index contributed by atoms with van der Waals surface area (Å²) < 4.78 is 8.21. The number of carbonyl (C=O) groups excluding carboxylic acids is 1. The minimum Gasteiger partial charge on any atom is -0.497 e. The molecule has 0 fully saturated rings. The van der Waals surface area contributed by atoms with E-state index in [1.807, 2.05) is 65.4 Å². The monoisotopic (exact) mass is 455 g/mol. The second-order valence-electron chi connectivity index (χ2n) is 6.42. The molecule has 0 spiro atoms. The highest BCUT2D eigenvalue weighted by molar-refractivity contribution is 9.10. The maximum atomic E-state index is 12.5. The number of nitrogens with zero attached hydrogens (tertiary/aromatic N) is 2. The Kier molecular flexibility index (Phi) is 5.19. The van der Waals surface area contributed by atoms with Gasteiger partial charge in [0.25, 0.3) is 0 Å². The predicted molar refractivity (Wildman–Crippen MR) is 116 cm³/mol. The van der Waals surface area contributed by atoms with Crippen LogP contribution in [0.4, 0.5) is 5.69 Å². The van der Waals surface area contributed by atoms with Crippen LogP contribution in [0.15, 0.2) is 58.5 Å². The number of aryl methyl sites for hydroxylation is 1. The summed E-state index contributed by atoms with van der Waals surface area (Å²) in [6, 6.07) is 13.6. The van der Waals surface area contributed by atoms with Crippen LogP contribution in [-0.4, -0.2) is 22.4 Å². The molecule has 2 heterocycles. The van der Waals surface area contributed by atoms with Crippen LogP contribution >= 0.6 is 27.3 Å². The number of fused-ring (bicyclic) bond motifs is 1. The van der Waals surface area contributed by atoms with E-state index < -0.39 is 0 Å². The normalized spacial score (nSPS) is 11.0. The van der Waals surface area contributed by atoms with Crippen LogP contribution in [0.5, 0.6) is 5.75 Å². The van der Waals surface area contributed by atoms with Crippen LogP contribution in [-0.2, 0) is 11.2 Å². The molecule has 5 nitrogen and oxygen atoms in total. The molecular formula is C21H18BrN3O2S. The lowest BCUT2D eigenvalue weighted by Gasteiger charge is -2.07. The lowest BCUT2D eigenvalue weighted by atomic mass is 10.1. The van der Waals surface area contributed by atoms with Crippen molar-refractivity contribution in [3.05, 3.63) is 69.8 Å². The van der Waals surface area contributed by atoms with Crippen LogP contribution in [0.25, 0.3) is 16.2 Å². The Morgan fingerprint density at radius 3 is 2.75 bits per heavy atom. The topological polar surface area (TPSA) is 55.6 Å². The molecule has 0 saturated carbocycles. The molecular weight excluding hydrogens is 438 g/mol. The zero-order chi connectivity index (χ0) is 19.7. The Labute approximate surface area is 175 Å². The second kappa shape index (κ2) is 7.77. The fourth-order valence-corrected chi connectivity index (χ4v) is 4.07. The summed E-state index contributed by atoms with van der Waals surface area (Å²) >= 11 is 5.00. The van der Waals surface area contributed by atoms with Crippen molar-refractivity contribution < 1.29 is 9.53 Å². The van der Waals surface area contributed by atoms with Gasteiger partial charge in [-0.05, 0) is 55.0 Å². The van der Waals surface area contributed by atoms with Gasteiger partial charge in [0.05, 0.1) is 19.2 Å². The van der Waals surface area contributed by atoms with Gasteiger partial charge in [0.15, 0.2) is 4.96 Å². The van der Waals surface area contributed by atoms with Crippen LogP contribution in [0, 0.1) is 6.92 Å². The molecule has 0 atom stereocenters. The van der Waals surface area contributed by atoms with Crippen LogP contribution < -0.4 is 10.1 Å². The number of anilines is 1. The lowest BCUT2D eigenvalue weighted by molar-refractivity contribution is -0.115. The van der Waals surface area contributed by atoms with Crippen LogP contribution in [0.1, 0.15) is 11.3 Å². The van der Waals surface area contributed by atoms with E-state index in [2.05, 4.69) is 26.2 Å². The Bertz CT molecular complexity index is 1150. The standard InChI is InChI=1S/C21H18BrN3O2S/c1-13-9-15(5-8-18(13)22)23-20(26)10-16-12-28-21-24-19(11-25(16)21)14-3-6-17(27-2)7-4-14/h3-9,11-12H,10H2,1-2H3,(H,23,26). The first kappa shape index (κ1) is 18.7. The Hall–Kier alpha value is -2.64. The minimum absolute atomic E-state index is 0.0545. The fraction of sp³-hybridized carbons (Fsp3) is 0.143. The van der Waals surface area contributed by atoms with Gasteiger partial charge >= 0.3 is 0 Å². The van der Waals surface area contributed by atoms with Gasteiger partial charge in [0.1, 0.15) is 5.75 Å². The number of ether oxygens (including phenoxy) is 1. The highest BCUT2D eigenvalue weighted by atomic mass is 79.9. The molecule has 2 aromatic carbocycles. The van der Waals surface area contributed by atoms with Crippen LogP contribution in [0.3, 0.4) is 0 Å². The number of thiazole rings is 1. The van der Waals surface area contributed by atoms with E-state index in [4.69, 9.17) is 4.74 Å². The van der Waals surface area contributed by atoms with Crippen molar-refractivity contribution in [2.75, 3.05) is 12.4 Å². The highest BCUT2D eigenvalue weighted by Crippen LogP contribution is 2.26. The molecule has 0 aliphatic heterocycles. The number of benzene rings is 2. The number of hydrogen-bond acceptors (Lipinski definition) is 4. The van der Waals surface area contributed by atoms with Crippen molar-refractivity contribution in [1.82, 2.24) is 9.38 Å². The Balaban J connectivity index is 1.53. The Morgan fingerprint density at radius 2 is 2.04 bits per heavy atom. The maximum absolute atomic E-state index is 12.5. The SMILES string of the molecule is COc1ccc(-c2cn3c(CC(=O)Nc4ccc(Br)c(C)c4)csc3n2)cc1. The summed E-state index contributed by atoms with van der Waals surface area (Å²) in [5.41, 5.74) is 4.67. The van der Waals surface area contributed by atoms with Gasteiger partial charge < -0.3 is 10.1 Å². The number of halogens is 1. The van der Waals surface area contributed by atoms with Gasteiger partial charge in [-0.3, -0.25) is 9.20 Å². The maximum Gasteiger partial charge on any atom is 0.230 e. The minimum atomic E-state index is -0.0545. The molecule has 1 N–H and O–H groups in total. The molecule has 4 aromatic rings. The molecule has 142 valence electrons. The van der Waals surface area contributed by atoms with Crippen molar-refractivity contribution >= 4 is 43.8 Å². The Morgan fingerprint density at radius 1 is 1.25 bits per heavy atom. The zero-order valence-electron chi connectivity index (χ0n) is 15.4. The number of methoxy groups -OCH3 is 1.